The lowest BCUT2D eigenvalue weighted by atomic mass is 9.97. The first kappa shape index (κ1) is 15.0. The Bertz CT molecular complexity index is 739. The number of rotatable bonds is 6. The molecule has 0 bridgehead atoms. The van der Waals surface area contributed by atoms with Gasteiger partial charge >= 0.3 is 0 Å². The average molecular weight is 301 g/mol. The lowest BCUT2D eigenvalue weighted by Gasteiger charge is -2.20. The Balaban J connectivity index is 1.82. The van der Waals surface area contributed by atoms with E-state index in [1.165, 1.54) is 0 Å². The number of anilines is 1. The van der Waals surface area contributed by atoms with E-state index in [2.05, 4.69) is 17.4 Å². The molecule has 0 amide bonds. The predicted molar refractivity (Wildman–Crippen MR) is 94.6 cm³/mol. The van der Waals surface area contributed by atoms with Crippen molar-refractivity contribution in [2.75, 3.05) is 5.32 Å². The summed E-state index contributed by atoms with van der Waals surface area (Å²) in [5.41, 5.74) is 2.88. The first-order chi connectivity index (χ1) is 11.3. The Hall–Kier alpha value is -2.87. The van der Waals surface area contributed by atoms with Gasteiger partial charge in [0.05, 0.1) is 6.04 Å². The Morgan fingerprint density at radius 1 is 0.739 bits per heavy atom. The molecule has 0 aliphatic heterocycles. The van der Waals surface area contributed by atoms with E-state index in [0.717, 1.165) is 16.8 Å². The number of carbonyl (C=O) groups is 1. The van der Waals surface area contributed by atoms with Crippen molar-refractivity contribution in [1.29, 1.82) is 0 Å². The lowest BCUT2D eigenvalue weighted by Crippen LogP contribution is -2.15. The standard InChI is InChI=1S/C21H19NO/c23-21(18-12-6-2-7-13-18)16-20(17-10-4-1-5-11-17)22-19-14-8-3-9-15-19/h1-15,20,22H,16H2. The third-order valence-electron chi connectivity index (χ3n) is 3.80. The van der Waals surface area contributed by atoms with E-state index in [1.54, 1.807) is 0 Å². The topological polar surface area (TPSA) is 29.1 Å². The molecule has 3 aromatic carbocycles. The minimum absolute atomic E-state index is 0.0497. The molecule has 0 fully saturated rings. The van der Waals surface area contributed by atoms with E-state index >= 15 is 0 Å². The molecule has 0 aromatic heterocycles. The molecule has 114 valence electrons. The third-order valence-corrected chi connectivity index (χ3v) is 3.80. The number of hydrogen-bond acceptors (Lipinski definition) is 2. The number of Topliss-reactive ketones (excluding diaryl/α,β-unsaturated/α-hetero) is 1. The predicted octanol–water partition coefficient (Wildman–Crippen LogP) is 5.11. The van der Waals surface area contributed by atoms with E-state index in [1.807, 2.05) is 78.9 Å². The van der Waals surface area contributed by atoms with Crippen LogP contribution in [0.25, 0.3) is 0 Å². The fraction of sp³-hybridized carbons (Fsp3) is 0.0952. The van der Waals surface area contributed by atoms with Gasteiger partial charge in [-0.05, 0) is 17.7 Å². The molecule has 0 saturated heterocycles. The summed E-state index contributed by atoms with van der Waals surface area (Å²) in [5.74, 6) is 0.142. The second-order valence-electron chi connectivity index (χ2n) is 5.47. The highest BCUT2D eigenvalue weighted by Crippen LogP contribution is 2.24. The summed E-state index contributed by atoms with van der Waals surface area (Å²) in [5, 5.41) is 3.48. The zero-order chi connectivity index (χ0) is 15.9. The van der Waals surface area contributed by atoms with Crippen molar-refractivity contribution in [3.05, 3.63) is 102 Å². The number of benzene rings is 3. The van der Waals surface area contributed by atoms with Gasteiger partial charge in [-0.15, -0.1) is 0 Å². The maximum atomic E-state index is 12.6. The van der Waals surface area contributed by atoms with Crippen LogP contribution < -0.4 is 5.32 Å². The molecule has 1 N–H and O–H groups in total. The maximum Gasteiger partial charge on any atom is 0.165 e. The molecule has 0 spiro atoms. The monoisotopic (exact) mass is 301 g/mol. The highest BCUT2D eigenvalue weighted by atomic mass is 16.1. The molecule has 1 unspecified atom stereocenters. The highest BCUT2D eigenvalue weighted by molar-refractivity contribution is 5.96. The molecule has 0 aliphatic rings. The van der Waals surface area contributed by atoms with Crippen molar-refractivity contribution in [2.45, 2.75) is 12.5 Å². The van der Waals surface area contributed by atoms with Crippen LogP contribution in [0.4, 0.5) is 5.69 Å². The molecule has 2 nitrogen and oxygen atoms in total. The van der Waals surface area contributed by atoms with Gasteiger partial charge in [0.1, 0.15) is 0 Å². The van der Waals surface area contributed by atoms with Gasteiger partial charge in [-0.1, -0.05) is 78.9 Å². The fourth-order valence-electron chi connectivity index (χ4n) is 2.60. The van der Waals surface area contributed by atoms with Crippen molar-refractivity contribution in [2.24, 2.45) is 0 Å². The summed E-state index contributed by atoms with van der Waals surface area (Å²) in [6.45, 7) is 0. The van der Waals surface area contributed by atoms with Gasteiger partial charge in [0.2, 0.25) is 0 Å². The third kappa shape index (κ3) is 4.07. The zero-order valence-electron chi connectivity index (χ0n) is 12.9. The van der Waals surface area contributed by atoms with Crippen molar-refractivity contribution in [1.82, 2.24) is 0 Å². The van der Waals surface area contributed by atoms with Crippen molar-refractivity contribution >= 4 is 11.5 Å². The SMILES string of the molecule is O=C(CC(Nc1ccccc1)c1ccccc1)c1ccccc1. The number of ketones is 1. The molecular formula is C21H19NO. The van der Waals surface area contributed by atoms with E-state index in [-0.39, 0.29) is 11.8 Å². The average Bonchev–Trinajstić information content (AvgIpc) is 2.63. The van der Waals surface area contributed by atoms with Crippen LogP contribution in [0, 0.1) is 0 Å². The molecular weight excluding hydrogens is 282 g/mol. The number of nitrogens with one attached hydrogen (secondary N) is 1. The van der Waals surface area contributed by atoms with Gasteiger partial charge in [-0.3, -0.25) is 4.79 Å². The molecule has 2 heteroatoms. The quantitative estimate of drug-likeness (QED) is 0.641. The van der Waals surface area contributed by atoms with Crippen LogP contribution in [0.3, 0.4) is 0 Å². The summed E-state index contributed by atoms with van der Waals surface area (Å²) in [6, 6.07) is 29.5. The van der Waals surface area contributed by atoms with Crippen LogP contribution in [-0.4, -0.2) is 5.78 Å². The minimum Gasteiger partial charge on any atom is -0.378 e. The Morgan fingerprint density at radius 2 is 1.26 bits per heavy atom. The number of carbonyl (C=O) groups excluding carboxylic acids is 1. The Morgan fingerprint density at radius 3 is 1.87 bits per heavy atom. The van der Waals surface area contributed by atoms with Crippen LogP contribution in [0.15, 0.2) is 91.0 Å². The first-order valence-corrected chi connectivity index (χ1v) is 7.78. The maximum absolute atomic E-state index is 12.6. The second kappa shape index (κ2) is 7.41. The van der Waals surface area contributed by atoms with E-state index < -0.39 is 0 Å². The molecule has 0 radical (unpaired) electrons. The van der Waals surface area contributed by atoms with Crippen LogP contribution in [-0.2, 0) is 0 Å². The summed E-state index contributed by atoms with van der Waals surface area (Å²) >= 11 is 0. The lowest BCUT2D eigenvalue weighted by molar-refractivity contribution is 0.0976. The van der Waals surface area contributed by atoms with Gasteiger partial charge in [0, 0.05) is 17.7 Å². The molecule has 0 aliphatic carbocycles. The number of para-hydroxylation sites is 1. The Labute approximate surface area is 136 Å². The summed E-state index contributed by atoms with van der Waals surface area (Å²) < 4.78 is 0. The normalized spacial score (nSPS) is 11.7. The van der Waals surface area contributed by atoms with Gasteiger partial charge in [0.25, 0.3) is 0 Å². The van der Waals surface area contributed by atoms with Crippen LogP contribution in [0.5, 0.6) is 0 Å². The summed E-state index contributed by atoms with van der Waals surface area (Å²) in [7, 11) is 0. The highest BCUT2D eigenvalue weighted by Gasteiger charge is 2.17. The molecule has 3 rings (SSSR count). The first-order valence-electron chi connectivity index (χ1n) is 7.78. The number of hydrogen-bond donors (Lipinski definition) is 1. The van der Waals surface area contributed by atoms with Crippen LogP contribution in [0.2, 0.25) is 0 Å². The fourth-order valence-corrected chi connectivity index (χ4v) is 2.60. The van der Waals surface area contributed by atoms with Gasteiger partial charge in [0.15, 0.2) is 5.78 Å². The molecule has 23 heavy (non-hydrogen) atoms. The molecule has 0 saturated carbocycles. The van der Waals surface area contributed by atoms with Gasteiger partial charge in [-0.2, -0.15) is 0 Å². The largest absolute Gasteiger partial charge is 0.378 e. The molecule has 1 atom stereocenters. The second-order valence-corrected chi connectivity index (χ2v) is 5.47. The van der Waals surface area contributed by atoms with E-state index in [0.29, 0.717) is 6.42 Å². The van der Waals surface area contributed by atoms with Crippen molar-refractivity contribution in [3.63, 3.8) is 0 Å². The summed E-state index contributed by atoms with van der Waals surface area (Å²) in [6.07, 6.45) is 0.420. The van der Waals surface area contributed by atoms with E-state index in [4.69, 9.17) is 0 Å². The summed E-state index contributed by atoms with van der Waals surface area (Å²) in [4.78, 5) is 12.6. The van der Waals surface area contributed by atoms with Gasteiger partial charge < -0.3 is 5.32 Å². The van der Waals surface area contributed by atoms with Crippen LogP contribution in [0.1, 0.15) is 28.4 Å². The van der Waals surface area contributed by atoms with Crippen LogP contribution >= 0.6 is 0 Å². The Kier molecular flexibility index (Phi) is 4.85. The van der Waals surface area contributed by atoms with E-state index in [9.17, 15) is 4.79 Å². The smallest absolute Gasteiger partial charge is 0.165 e. The zero-order valence-corrected chi connectivity index (χ0v) is 12.9. The molecule has 0 heterocycles. The minimum atomic E-state index is -0.0497. The van der Waals surface area contributed by atoms with Crippen molar-refractivity contribution in [3.8, 4) is 0 Å². The van der Waals surface area contributed by atoms with Gasteiger partial charge in [-0.25, -0.2) is 0 Å². The van der Waals surface area contributed by atoms with Crippen molar-refractivity contribution < 1.29 is 4.79 Å². The molecule has 3 aromatic rings.